The fraction of sp³-hybridized carbons (Fsp3) is 0.0588. The molecule has 0 unspecified atom stereocenters. The second-order valence-electron chi connectivity index (χ2n) is 5.00. The first kappa shape index (κ1) is 17.7. The smallest absolute Gasteiger partial charge is 0.281 e. The summed E-state index contributed by atoms with van der Waals surface area (Å²) in [7, 11) is 1.54. The topological polar surface area (TPSA) is 67.4 Å². The molecule has 0 saturated heterocycles. The van der Waals surface area contributed by atoms with Crippen molar-refractivity contribution in [2.75, 3.05) is 7.11 Å². The van der Waals surface area contributed by atoms with Crippen molar-refractivity contribution < 1.29 is 14.3 Å². The van der Waals surface area contributed by atoms with Crippen LogP contribution in [0.25, 0.3) is 10.1 Å². The third-order valence-electron chi connectivity index (χ3n) is 3.44. The number of nitrogens with one attached hydrogen (secondary N) is 2. The average molecular weight is 440 g/mol. The number of methoxy groups -OCH3 is 1. The quantitative estimate of drug-likeness (QED) is 0.594. The molecule has 0 aliphatic heterocycles. The Bertz CT molecular complexity index is 974. The molecule has 0 aliphatic rings. The highest BCUT2D eigenvalue weighted by molar-refractivity contribution is 9.10. The van der Waals surface area contributed by atoms with Crippen molar-refractivity contribution in [2.24, 2.45) is 0 Å². The van der Waals surface area contributed by atoms with Crippen molar-refractivity contribution in [1.29, 1.82) is 0 Å². The standard InChI is InChI=1S/C17H12BrClN2O3S/c1-24-12-7-6-9(8-11(12)18)16(22)20-21-17(23)15-14(19)10-4-2-3-5-13(10)25-15/h2-8H,1H3,(H,20,22)(H,21,23). The van der Waals surface area contributed by atoms with Gasteiger partial charge in [0.15, 0.2) is 0 Å². The van der Waals surface area contributed by atoms with Gasteiger partial charge in [-0.15, -0.1) is 11.3 Å². The zero-order valence-corrected chi connectivity index (χ0v) is 16.1. The Morgan fingerprint density at radius 3 is 2.52 bits per heavy atom. The number of fused-ring (bicyclic) bond motifs is 1. The van der Waals surface area contributed by atoms with Crippen LogP contribution in [0.4, 0.5) is 0 Å². The van der Waals surface area contributed by atoms with E-state index in [1.165, 1.54) is 18.4 Å². The molecule has 1 heterocycles. The number of rotatable bonds is 3. The summed E-state index contributed by atoms with van der Waals surface area (Å²) >= 11 is 10.8. The summed E-state index contributed by atoms with van der Waals surface area (Å²) in [5, 5.41) is 1.18. The Hall–Kier alpha value is -2.09. The molecule has 2 N–H and O–H groups in total. The van der Waals surface area contributed by atoms with Crippen LogP contribution in [0, 0.1) is 0 Å². The van der Waals surface area contributed by atoms with Crippen LogP contribution in [0.3, 0.4) is 0 Å². The van der Waals surface area contributed by atoms with Crippen LogP contribution in [0.2, 0.25) is 5.02 Å². The molecule has 2 amide bonds. The highest BCUT2D eigenvalue weighted by Gasteiger charge is 2.18. The number of benzene rings is 2. The summed E-state index contributed by atoms with van der Waals surface area (Å²) < 4.78 is 6.66. The number of hydrogen-bond donors (Lipinski definition) is 2. The number of hydrazine groups is 1. The zero-order valence-electron chi connectivity index (χ0n) is 12.9. The second kappa shape index (κ2) is 7.43. The Morgan fingerprint density at radius 2 is 1.84 bits per heavy atom. The average Bonchev–Trinajstić information content (AvgIpc) is 2.96. The van der Waals surface area contributed by atoms with Gasteiger partial charge in [0, 0.05) is 15.6 Å². The lowest BCUT2D eigenvalue weighted by atomic mass is 10.2. The number of hydrogen-bond acceptors (Lipinski definition) is 4. The molecule has 0 fully saturated rings. The van der Waals surface area contributed by atoms with Gasteiger partial charge in [-0.25, -0.2) is 0 Å². The molecule has 3 aromatic rings. The summed E-state index contributed by atoms with van der Waals surface area (Å²) in [6, 6.07) is 12.3. The Balaban J connectivity index is 1.72. The molecule has 0 radical (unpaired) electrons. The summed E-state index contributed by atoms with van der Waals surface area (Å²) in [5.41, 5.74) is 5.14. The van der Waals surface area contributed by atoms with Gasteiger partial charge in [-0.3, -0.25) is 20.4 Å². The maximum Gasteiger partial charge on any atom is 0.281 e. The van der Waals surface area contributed by atoms with E-state index in [4.69, 9.17) is 16.3 Å². The summed E-state index contributed by atoms with van der Waals surface area (Å²) in [5.74, 6) is -0.307. The van der Waals surface area contributed by atoms with Crippen LogP contribution in [0.15, 0.2) is 46.9 Å². The molecule has 0 bridgehead atoms. The van der Waals surface area contributed by atoms with Gasteiger partial charge in [0.25, 0.3) is 11.8 Å². The normalized spacial score (nSPS) is 10.5. The summed E-state index contributed by atoms with van der Waals surface area (Å²) in [6.45, 7) is 0. The van der Waals surface area contributed by atoms with Gasteiger partial charge in [0.2, 0.25) is 0 Å². The minimum atomic E-state index is -0.466. The predicted octanol–water partition coefficient (Wildman–Crippen LogP) is 4.40. The van der Waals surface area contributed by atoms with Crippen molar-refractivity contribution >= 4 is 60.8 Å². The van der Waals surface area contributed by atoms with Crippen LogP contribution < -0.4 is 15.6 Å². The van der Waals surface area contributed by atoms with Gasteiger partial charge in [-0.1, -0.05) is 29.8 Å². The summed E-state index contributed by atoms with van der Waals surface area (Å²) in [6.07, 6.45) is 0. The predicted molar refractivity (Wildman–Crippen MR) is 102 cm³/mol. The molecule has 0 saturated carbocycles. The molecule has 0 spiro atoms. The maximum absolute atomic E-state index is 12.3. The van der Waals surface area contributed by atoms with Crippen LogP contribution in [0.1, 0.15) is 20.0 Å². The minimum absolute atomic E-state index is 0.346. The van der Waals surface area contributed by atoms with E-state index in [1.807, 2.05) is 24.3 Å². The molecule has 3 rings (SSSR count). The van der Waals surface area contributed by atoms with E-state index in [0.29, 0.717) is 25.7 Å². The molecular weight excluding hydrogens is 428 g/mol. The first-order valence-electron chi connectivity index (χ1n) is 7.12. The van der Waals surface area contributed by atoms with E-state index in [9.17, 15) is 9.59 Å². The first-order chi connectivity index (χ1) is 12.0. The lowest BCUT2D eigenvalue weighted by molar-refractivity contribution is 0.0849. The summed E-state index contributed by atoms with van der Waals surface area (Å²) in [4.78, 5) is 24.8. The Kier molecular flexibility index (Phi) is 5.27. The molecule has 25 heavy (non-hydrogen) atoms. The lowest BCUT2D eigenvalue weighted by Gasteiger charge is -2.08. The SMILES string of the molecule is COc1ccc(C(=O)NNC(=O)c2sc3ccccc3c2Cl)cc1Br. The molecule has 0 aliphatic carbocycles. The van der Waals surface area contributed by atoms with Gasteiger partial charge in [-0.2, -0.15) is 0 Å². The molecular formula is C17H12BrClN2O3S. The number of halogens is 2. The van der Waals surface area contributed by atoms with Gasteiger partial charge >= 0.3 is 0 Å². The zero-order chi connectivity index (χ0) is 18.0. The van der Waals surface area contributed by atoms with Crippen molar-refractivity contribution in [3.8, 4) is 5.75 Å². The van der Waals surface area contributed by atoms with E-state index in [0.717, 1.165) is 10.1 Å². The lowest BCUT2D eigenvalue weighted by Crippen LogP contribution is -2.41. The van der Waals surface area contributed by atoms with E-state index in [2.05, 4.69) is 26.8 Å². The van der Waals surface area contributed by atoms with Crippen LogP contribution >= 0.6 is 38.9 Å². The molecule has 1 aromatic heterocycles. The van der Waals surface area contributed by atoms with Crippen molar-refractivity contribution in [3.05, 3.63) is 62.4 Å². The number of carbonyl (C=O) groups is 2. The minimum Gasteiger partial charge on any atom is -0.496 e. The van der Waals surface area contributed by atoms with E-state index in [1.54, 1.807) is 18.2 Å². The number of carbonyl (C=O) groups excluding carboxylic acids is 2. The highest BCUT2D eigenvalue weighted by Crippen LogP contribution is 2.34. The third-order valence-corrected chi connectivity index (χ3v) is 5.74. The number of thiophene rings is 1. The van der Waals surface area contributed by atoms with Crippen molar-refractivity contribution in [2.45, 2.75) is 0 Å². The van der Waals surface area contributed by atoms with Gasteiger partial charge < -0.3 is 4.74 Å². The number of amides is 2. The Morgan fingerprint density at radius 1 is 1.12 bits per heavy atom. The van der Waals surface area contributed by atoms with Gasteiger partial charge in [0.05, 0.1) is 16.6 Å². The fourth-order valence-electron chi connectivity index (χ4n) is 2.21. The largest absolute Gasteiger partial charge is 0.496 e. The van der Waals surface area contributed by atoms with Crippen LogP contribution in [0.5, 0.6) is 5.75 Å². The molecule has 8 heteroatoms. The van der Waals surface area contributed by atoms with Gasteiger partial charge in [0.1, 0.15) is 10.6 Å². The van der Waals surface area contributed by atoms with E-state index >= 15 is 0 Å². The Labute approximate surface area is 161 Å². The van der Waals surface area contributed by atoms with Crippen LogP contribution in [-0.4, -0.2) is 18.9 Å². The fourth-order valence-corrected chi connectivity index (χ4v) is 4.16. The van der Waals surface area contributed by atoms with E-state index in [-0.39, 0.29) is 0 Å². The highest BCUT2D eigenvalue weighted by atomic mass is 79.9. The molecule has 2 aromatic carbocycles. The first-order valence-corrected chi connectivity index (χ1v) is 9.11. The molecule has 0 atom stereocenters. The number of ether oxygens (including phenoxy) is 1. The molecule has 5 nitrogen and oxygen atoms in total. The van der Waals surface area contributed by atoms with Gasteiger partial charge in [-0.05, 0) is 40.2 Å². The monoisotopic (exact) mass is 438 g/mol. The van der Waals surface area contributed by atoms with Crippen molar-refractivity contribution in [1.82, 2.24) is 10.9 Å². The third kappa shape index (κ3) is 3.63. The van der Waals surface area contributed by atoms with Crippen LogP contribution in [-0.2, 0) is 0 Å². The van der Waals surface area contributed by atoms with Crippen molar-refractivity contribution in [3.63, 3.8) is 0 Å². The maximum atomic E-state index is 12.3. The van der Waals surface area contributed by atoms with E-state index < -0.39 is 11.8 Å². The molecule has 128 valence electrons. The second-order valence-corrected chi connectivity index (χ2v) is 7.28.